The Hall–Kier alpha value is -7.41. The van der Waals surface area contributed by atoms with E-state index in [1.807, 2.05) is 12.1 Å². The predicted molar refractivity (Wildman–Crippen MR) is 224 cm³/mol. The van der Waals surface area contributed by atoms with Gasteiger partial charge in [0.1, 0.15) is 0 Å². The zero-order chi connectivity index (χ0) is 36.5. The molecular formula is C52H31N3. The highest BCUT2D eigenvalue weighted by atomic mass is 14.9. The van der Waals surface area contributed by atoms with E-state index in [4.69, 9.17) is 16.5 Å². The highest BCUT2D eigenvalue weighted by molar-refractivity contribution is 6.01. The summed E-state index contributed by atoms with van der Waals surface area (Å²) in [6.45, 7) is 7.98. The minimum atomic E-state index is -0.488. The summed E-state index contributed by atoms with van der Waals surface area (Å²) in [4.78, 5) is 14.3. The van der Waals surface area contributed by atoms with Crippen LogP contribution in [-0.4, -0.2) is 9.97 Å². The molecule has 0 amide bonds. The topological polar surface area (TPSA) is 30.1 Å². The SMILES string of the molecule is [C-]#[N+]c1ccc2c(c1)-c1c(-c3cccc(-c4cc(-c5ccccc5)nc(-c5ccc6ccccc6c5)n4)c3)cccc1C21c2ccccc2-c2ccccc21. The average Bonchev–Trinajstić information content (AvgIpc) is 3.73. The molecule has 55 heavy (non-hydrogen) atoms. The summed E-state index contributed by atoms with van der Waals surface area (Å²) in [5.74, 6) is 0.689. The van der Waals surface area contributed by atoms with Crippen LogP contribution in [0.25, 0.3) is 82.9 Å². The Kier molecular flexibility index (Phi) is 6.83. The normalized spacial score (nSPS) is 12.9. The molecule has 1 spiro atoms. The smallest absolute Gasteiger partial charge is 0.187 e. The van der Waals surface area contributed by atoms with Crippen molar-refractivity contribution in [2.24, 2.45) is 0 Å². The van der Waals surface area contributed by atoms with Crippen LogP contribution in [-0.2, 0) is 5.41 Å². The molecule has 0 N–H and O–H groups in total. The van der Waals surface area contributed by atoms with Crippen molar-refractivity contribution in [3.8, 4) is 67.3 Å². The summed E-state index contributed by atoms with van der Waals surface area (Å²) >= 11 is 0. The molecule has 1 heterocycles. The van der Waals surface area contributed by atoms with Gasteiger partial charge in [-0.15, -0.1) is 0 Å². The molecule has 254 valence electrons. The first-order valence-corrected chi connectivity index (χ1v) is 18.6. The van der Waals surface area contributed by atoms with Crippen molar-refractivity contribution in [3.63, 3.8) is 0 Å². The molecule has 11 rings (SSSR count). The van der Waals surface area contributed by atoms with Gasteiger partial charge in [-0.1, -0.05) is 164 Å². The molecule has 0 fully saturated rings. The Balaban J connectivity index is 1.12. The van der Waals surface area contributed by atoms with E-state index in [1.54, 1.807) is 0 Å². The predicted octanol–water partition coefficient (Wildman–Crippen LogP) is 13.2. The van der Waals surface area contributed by atoms with E-state index in [0.717, 1.165) is 50.2 Å². The maximum Gasteiger partial charge on any atom is 0.187 e. The Bertz CT molecular complexity index is 3020. The zero-order valence-electron chi connectivity index (χ0n) is 29.7. The molecule has 9 aromatic rings. The third-order valence-corrected chi connectivity index (χ3v) is 11.5. The molecule has 2 aliphatic rings. The Morgan fingerprint density at radius 2 is 0.982 bits per heavy atom. The fourth-order valence-corrected chi connectivity index (χ4v) is 9.15. The van der Waals surface area contributed by atoms with Crippen molar-refractivity contribution < 1.29 is 0 Å². The minimum absolute atomic E-state index is 0.488. The van der Waals surface area contributed by atoms with Gasteiger partial charge in [-0.2, -0.15) is 0 Å². The lowest BCUT2D eigenvalue weighted by Crippen LogP contribution is -2.25. The molecule has 1 aromatic heterocycles. The summed E-state index contributed by atoms with van der Waals surface area (Å²) in [6.07, 6.45) is 0. The molecule has 0 radical (unpaired) electrons. The van der Waals surface area contributed by atoms with Crippen molar-refractivity contribution >= 4 is 16.5 Å². The summed E-state index contributed by atoms with van der Waals surface area (Å²) in [7, 11) is 0. The van der Waals surface area contributed by atoms with E-state index in [-0.39, 0.29) is 0 Å². The van der Waals surface area contributed by atoms with E-state index in [9.17, 15) is 0 Å². The van der Waals surface area contributed by atoms with Gasteiger partial charge >= 0.3 is 0 Å². The third-order valence-electron chi connectivity index (χ3n) is 11.5. The highest BCUT2D eigenvalue weighted by Gasteiger charge is 2.52. The van der Waals surface area contributed by atoms with Gasteiger partial charge in [0.15, 0.2) is 11.5 Å². The molecule has 2 aliphatic carbocycles. The van der Waals surface area contributed by atoms with Crippen LogP contribution in [0, 0.1) is 6.57 Å². The Morgan fingerprint density at radius 1 is 0.382 bits per heavy atom. The summed E-state index contributed by atoms with van der Waals surface area (Å²) in [6, 6.07) is 66.7. The number of benzene rings is 8. The second-order valence-electron chi connectivity index (χ2n) is 14.4. The molecular weight excluding hydrogens is 667 g/mol. The van der Waals surface area contributed by atoms with E-state index in [1.165, 1.54) is 44.3 Å². The van der Waals surface area contributed by atoms with Crippen LogP contribution >= 0.6 is 0 Å². The van der Waals surface area contributed by atoms with E-state index >= 15 is 0 Å². The van der Waals surface area contributed by atoms with Gasteiger partial charge in [-0.05, 0) is 90.7 Å². The summed E-state index contributed by atoms with van der Waals surface area (Å²) in [5, 5.41) is 2.34. The van der Waals surface area contributed by atoms with Crippen LogP contribution < -0.4 is 0 Å². The first kappa shape index (κ1) is 31.1. The second-order valence-corrected chi connectivity index (χ2v) is 14.4. The molecule has 3 nitrogen and oxygen atoms in total. The van der Waals surface area contributed by atoms with Gasteiger partial charge in [0, 0.05) is 16.7 Å². The highest BCUT2D eigenvalue weighted by Crippen LogP contribution is 2.64. The number of fused-ring (bicyclic) bond motifs is 11. The van der Waals surface area contributed by atoms with Crippen molar-refractivity contribution in [2.45, 2.75) is 5.41 Å². The van der Waals surface area contributed by atoms with Gasteiger partial charge in [-0.3, -0.25) is 0 Å². The van der Waals surface area contributed by atoms with Crippen LogP contribution in [0.2, 0.25) is 0 Å². The molecule has 0 unspecified atom stereocenters. The van der Waals surface area contributed by atoms with Gasteiger partial charge < -0.3 is 0 Å². The van der Waals surface area contributed by atoms with Crippen molar-refractivity contribution in [1.29, 1.82) is 0 Å². The monoisotopic (exact) mass is 697 g/mol. The number of hydrogen-bond acceptors (Lipinski definition) is 2. The first-order valence-electron chi connectivity index (χ1n) is 18.6. The molecule has 0 bridgehead atoms. The van der Waals surface area contributed by atoms with E-state index < -0.39 is 5.41 Å². The van der Waals surface area contributed by atoms with E-state index in [0.29, 0.717) is 11.5 Å². The fraction of sp³-hybridized carbons (Fsp3) is 0.0192. The fourth-order valence-electron chi connectivity index (χ4n) is 9.15. The number of aromatic nitrogens is 2. The lowest BCUT2D eigenvalue weighted by molar-refractivity contribution is 0.794. The van der Waals surface area contributed by atoms with Crippen molar-refractivity contribution in [3.05, 3.63) is 222 Å². The van der Waals surface area contributed by atoms with Crippen LogP contribution in [0.15, 0.2) is 188 Å². The maximum absolute atomic E-state index is 7.98. The first-order chi connectivity index (χ1) is 27.2. The Morgan fingerprint density at radius 3 is 1.76 bits per heavy atom. The molecule has 3 heteroatoms. The number of rotatable bonds is 4. The van der Waals surface area contributed by atoms with Crippen LogP contribution in [0.5, 0.6) is 0 Å². The molecule has 0 atom stereocenters. The lowest BCUT2D eigenvalue weighted by atomic mass is 9.70. The van der Waals surface area contributed by atoms with Crippen LogP contribution in [0.4, 0.5) is 5.69 Å². The van der Waals surface area contributed by atoms with Gasteiger partial charge in [0.05, 0.1) is 23.4 Å². The van der Waals surface area contributed by atoms with Gasteiger partial charge in [0.25, 0.3) is 0 Å². The number of nitrogens with zero attached hydrogens (tertiary/aromatic N) is 3. The summed E-state index contributed by atoms with van der Waals surface area (Å²) < 4.78 is 0. The molecule has 0 saturated heterocycles. The Labute approximate surface area is 319 Å². The maximum atomic E-state index is 7.98. The largest absolute Gasteiger partial charge is 0.238 e. The van der Waals surface area contributed by atoms with Crippen LogP contribution in [0.3, 0.4) is 0 Å². The third kappa shape index (κ3) is 4.62. The molecule has 0 aliphatic heterocycles. The quantitative estimate of drug-likeness (QED) is 0.171. The van der Waals surface area contributed by atoms with Crippen molar-refractivity contribution in [1.82, 2.24) is 9.97 Å². The van der Waals surface area contributed by atoms with E-state index in [2.05, 4.69) is 181 Å². The van der Waals surface area contributed by atoms with Gasteiger partial charge in [0.2, 0.25) is 0 Å². The second kappa shape index (κ2) is 12.1. The standard InChI is InChI=1S/C52H31N3/c1-53-39-27-28-46-43(31-39)50-40(21-12-24-47(50)52(46)44-22-9-7-19-41(44)42-20-8-10-23-45(42)52)36-17-11-18-37(30-36)49-32-48(34-14-3-2-4-15-34)54-51(55-49)38-26-25-33-13-5-6-16-35(33)29-38/h2-32H. The zero-order valence-corrected chi connectivity index (χ0v) is 29.7. The van der Waals surface area contributed by atoms with Crippen LogP contribution in [0.1, 0.15) is 22.3 Å². The molecule has 8 aromatic carbocycles. The average molecular weight is 698 g/mol. The van der Waals surface area contributed by atoms with Crippen molar-refractivity contribution in [2.75, 3.05) is 0 Å². The lowest BCUT2D eigenvalue weighted by Gasteiger charge is -2.30. The summed E-state index contributed by atoms with van der Waals surface area (Å²) in [5.41, 5.74) is 17.0. The number of hydrogen-bond donors (Lipinski definition) is 0. The molecule has 0 saturated carbocycles. The minimum Gasteiger partial charge on any atom is -0.238 e. The van der Waals surface area contributed by atoms with Gasteiger partial charge in [-0.25, -0.2) is 14.8 Å².